The van der Waals surface area contributed by atoms with Crippen LogP contribution in [0, 0.1) is 5.41 Å². The Morgan fingerprint density at radius 1 is 1.00 bits per heavy atom. The Bertz CT molecular complexity index is 459. The molecule has 0 saturated carbocycles. The van der Waals surface area contributed by atoms with Gasteiger partial charge in [0.15, 0.2) is 11.6 Å². The summed E-state index contributed by atoms with van der Waals surface area (Å²) in [6, 6.07) is 0. The van der Waals surface area contributed by atoms with Gasteiger partial charge in [-0.25, -0.2) is 0 Å². The van der Waals surface area contributed by atoms with Gasteiger partial charge in [-0.15, -0.1) is 0 Å². The summed E-state index contributed by atoms with van der Waals surface area (Å²) in [6.45, 7) is 4.03. The van der Waals surface area contributed by atoms with Gasteiger partial charge in [-0.3, -0.25) is 9.59 Å². The lowest BCUT2D eigenvalue weighted by molar-refractivity contribution is -0.116. The van der Waals surface area contributed by atoms with E-state index in [2.05, 4.69) is 0 Å². The molecule has 0 N–H and O–H groups in total. The van der Waals surface area contributed by atoms with Crippen LogP contribution in [0.25, 0.3) is 0 Å². The Kier molecular flexibility index (Phi) is 3.46. The molecule has 94 valence electrons. The number of allylic oxidation sites excluding steroid dienone is 8. The van der Waals surface area contributed by atoms with Crippen LogP contribution in [0.5, 0.6) is 0 Å². The third-order valence-corrected chi connectivity index (χ3v) is 3.90. The topological polar surface area (TPSA) is 34.1 Å². The predicted octanol–water partition coefficient (Wildman–Crippen LogP) is 3.31. The zero-order chi connectivity index (χ0) is 13.2. The SMILES string of the molecule is CCC(C)(C1=CC=CCC1=O)C1=CC=CCC1=O. The van der Waals surface area contributed by atoms with E-state index in [1.165, 1.54) is 0 Å². The highest BCUT2D eigenvalue weighted by Crippen LogP contribution is 2.42. The molecule has 2 rings (SSSR count). The molecule has 0 aliphatic heterocycles. The summed E-state index contributed by atoms with van der Waals surface area (Å²) < 4.78 is 0. The van der Waals surface area contributed by atoms with E-state index in [4.69, 9.17) is 0 Å². The van der Waals surface area contributed by atoms with E-state index < -0.39 is 5.41 Å². The Hall–Kier alpha value is -1.70. The molecule has 0 spiro atoms. The van der Waals surface area contributed by atoms with E-state index in [9.17, 15) is 9.59 Å². The third-order valence-electron chi connectivity index (χ3n) is 3.90. The van der Waals surface area contributed by atoms with Gasteiger partial charge in [0, 0.05) is 29.4 Å². The van der Waals surface area contributed by atoms with E-state index in [0.717, 1.165) is 17.6 Å². The van der Waals surface area contributed by atoms with Gasteiger partial charge in [0.05, 0.1) is 0 Å². The lowest BCUT2D eigenvalue weighted by Crippen LogP contribution is -2.31. The lowest BCUT2D eigenvalue weighted by Gasteiger charge is -2.34. The number of ketones is 2. The van der Waals surface area contributed by atoms with Gasteiger partial charge in [0.25, 0.3) is 0 Å². The van der Waals surface area contributed by atoms with Crippen molar-refractivity contribution in [1.29, 1.82) is 0 Å². The van der Waals surface area contributed by atoms with E-state index in [1.54, 1.807) is 0 Å². The van der Waals surface area contributed by atoms with Crippen LogP contribution < -0.4 is 0 Å². The first-order valence-electron chi connectivity index (χ1n) is 6.40. The second kappa shape index (κ2) is 4.89. The zero-order valence-corrected chi connectivity index (χ0v) is 10.9. The van der Waals surface area contributed by atoms with Crippen LogP contribution in [-0.2, 0) is 9.59 Å². The summed E-state index contributed by atoms with van der Waals surface area (Å²) >= 11 is 0. The van der Waals surface area contributed by atoms with Gasteiger partial charge in [0.2, 0.25) is 0 Å². The van der Waals surface area contributed by atoms with Crippen LogP contribution in [0.2, 0.25) is 0 Å². The summed E-state index contributed by atoms with van der Waals surface area (Å²) in [5.74, 6) is 0.259. The van der Waals surface area contributed by atoms with E-state index in [1.807, 2.05) is 50.3 Å². The number of hydrogen-bond donors (Lipinski definition) is 0. The molecule has 0 radical (unpaired) electrons. The summed E-state index contributed by atoms with van der Waals surface area (Å²) in [5.41, 5.74) is 1.08. The van der Waals surface area contributed by atoms with Gasteiger partial charge < -0.3 is 0 Å². The third kappa shape index (κ3) is 2.03. The Morgan fingerprint density at radius 2 is 1.44 bits per heavy atom. The smallest absolute Gasteiger partial charge is 0.163 e. The molecule has 0 heterocycles. The van der Waals surface area contributed by atoms with Crippen molar-refractivity contribution in [1.82, 2.24) is 0 Å². The first-order chi connectivity index (χ1) is 8.59. The first-order valence-corrected chi connectivity index (χ1v) is 6.40. The number of rotatable bonds is 3. The molecular formula is C16H18O2. The average Bonchev–Trinajstić information content (AvgIpc) is 2.39. The van der Waals surface area contributed by atoms with Crippen LogP contribution in [0.15, 0.2) is 47.6 Å². The number of carbonyl (C=O) groups is 2. The van der Waals surface area contributed by atoms with Crippen LogP contribution >= 0.6 is 0 Å². The van der Waals surface area contributed by atoms with Crippen molar-refractivity contribution in [3.8, 4) is 0 Å². The Balaban J connectivity index is 2.48. The molecule has 0 atom stereocenters. The van der Waals surface area contributed by atoms with E-state index >= 15 is 0 Å². The second-order valence-electron chi connectivity index (χ2n) is 4.96. The van der Waals surface area contributed by atoms with Crippen molar-refractivity contribution < 1.29 is 9.59 Å². The molecule has 0 aromatic heterocycles. The monoisotopic (exact) mass is 242 g/mol. The van der Waals surface area contributed by atoms with E-state index in [0.29, 0.717) is 12.8 Å². The molecule has 2 aliphatic rings. The molecule has 18 heavy (non-hydrogen) atoms. The van der Waals surface area contributed by atoms with Gasteiger partial charge in [-0.05, 0) is 6.42 Å². The van der Waals surface area contributed by atoms with Crippen molar-refractivity contribution in [2.75, 3.05) is 0 Å². The maximum absolute atomic E-state index is 12.1. The standard InChI is InChI=1S/C16H18O2/c1-3-16(2,12-8-4-6-10-14(12)17)13-9-5-7-11-15(13)18/h4-9H,3,10-11H2,1-2H3. The fourth-order valence-electron chi connectivity index (χ4n) is 2.59. The van der Waals surface area contributed by atoms with Crippen LogP contribution in [0.3, 0.4) is 0 Å². The minimum Gasteiger partial charge on any atom is -0.294 e. The second-order valence-corrected chi connectivity index (χ2v) is 4.96. The summed E-state index contributed by atoms with van der Waals surface area (Å²) in [6.07, 6.45) is 12.9. The Labute approximate surface area is 108 Å². The fourth-order valence-corrected chi connectivity index (χ4v) is 2.59. The normalized spacial score (nSPS) is 19.9. The van der Waals surface area contributed by atoms with Crippen LogP contribution in [0.4, 0.5) is 0 Å². The number of hydrogen-bond acceptors (Lipinski definition) is 2. The quantitative estimate of drug-likeness (QED) is 0.760. The minimum atomic E-state index is -0.455. The van der Waals surface area contributed by atoms with Crippen molar-refractivity contribution in [2.45, 2.75) is 33.1 Å². The lowest BCUT2D eigenvalue weighted by atomic mass is 9.68. The maximum atomic E-state index is 12.1. The molecule has 0 fully saturated rings. The average molecular weight is 242 g/mol. The van der Waals surface area contributed by atoms with Crippen LogP contribution in [-0.4, -0.2) is 11.6 Å². The summed E-state index contributed by atoms with van der Waals surface area (Å²) in [7, 11) is 0. The largest absolute Gasteiger partial charge is 0.294 e. The van der Waals surface area contributed by atoms with Crippen molar-refractivity contribution in [3.05, 3.63) is 47.6 Å². The number of Topliss-reactive ketones (excluding diaryl/α,β-unsaturated/α-hetero) is 2. The molecule has 0 amide bonds. The molecule has 0 unspecified atom stereocenters. The maximum Gasteiger partial charge on any atom is 0.163 e. The number of carbonyl (C=O) groups excluding carboxylic acids is 2. The van der Waals surface area contributed by atoms with Gasteiger partial charge >= 0.3 is 0 Å². The molecule has 0 saturated heterocycles. The highest BCUT2D eigenvalue weighted by atomic mass is 16.1. The molecule has 0 aromatic carbocycles. The van der Waals surface area contributed by atoms with Crippen molar-refractivity contribution in [2.24, 2.45) is 5.41 Å². The van der Waals surface area contributed by atoms with Crippen LogP contribution in [0.1, 0.15) is 33.1 Å². The highest BCUT2D eigenvalue weighted by molar-refractivity contribution is 6.05. The summed E-state index contributed by atoms with van der Waals surface area (Å²) in [5, 5.41) is 0. The zero-order valence-electron chi connectivity index (χ0n) is 10.9. The summed E-state index contributed by atoms with van der Waals surface area (Å²) in [4.78, 5) is 24.1. The molecule has 2 aliphatic carbocycles. The van der Waals surface area contributed by atoms with Crippen molar-refractivity contribution >= 4 is 11.6 Å². The van der Waals surface area contributed by atoms with Crippen molar-refractivity contribution in [3.63, 3.8) is 0 Å². The predicted molar refractivity (Wildman–Crippen MR) is 72.1 cm³/mol. The molecule has 0 aromatic rings. The molecular weight excluding hydrogens is 224 g/mol. The molecule has 2 nitrogen and oxygen atoms in total. The van der Waals surface area contributed by atoms with Gasteiger partial charge in [0.1, 0.15) is 0 Å². The molecule has 2 heteroatoms. The van der Waals surface area contributed by atoms with E-state index in [-0.39, 0.29) is 11.6 Å². The fraction of sp³-hybridized carbons (Fsp3) is 0.375. The highest BCUT2D eigenvalue weighted by Gasteiger charge is 2.38. The van der Waals surface area contributed by atoms with Gasteiger partial charge in [-0.2, -0.15) is 0 Å². The van der Waals surface area contributed by atoms with Gasteiger partial charge in [-0.1, -0.05) is 50.3 Å². The Morgan fingerprint density at radius 3 is 1.78 bits per heavy atom. The first kappa shape index (κ1) is 12.7. The minimum absolute atomic E-state index is 0.130. The molecule has 0 bridgehead atoms.